The molecule has 0 spiro atoms. The van der Waals surface area contributed by atoms with Crippen molar-refractivity contribution in [1.29, 1.82) is 0 Å². The van der Waals surface area contributed by atoms with Gasteiger partial charge in [-0.2, -0.15) is 0 Å². The van der Waals surface area contributed by atoms with E-state index in [0.717, 1.165) is 32.2 Å². The third kappa shape index (κ3) is 5.88. The fourth-order valence-electron chi connectivity index (χ4n) is 1.47. The van der Waals surface area contributed by atoms with Crippen LogP contribution in [0, 0.1) is 0 Å². The SMILES string of the molecule is NCCCCCCC(=O)NCc1cccs1. The first-order valence-electron chi connectivity index (χ1n) is 5.82. The molecular weight excluding hydrogens is 220 g/mol. The van der Waals surface area contributed by atoms with Crippen molar-refractivity contribution in [2.24, 2.45) is 5.73 Å². The number of hydrogen-bond acceptors (Lipinski definition) is 3. The summed E-state index contributed by atoms with van der Waals surface area (Å²) in [4.78, 5) is 12.6. The van der Waals surface area contributed by atoms with Gasteiger partial charge in [0.15, 0.2) is 0 Å². The van der Waals surface area contributed by atoms with Crippen LogP contribution in [0.1, 0.15) is 37.0 Å². The van der Waals surface area contributed by atoms with E-state index in [1.165, 1.54) is 4.88 Å². The lowest BCUT2D eigenvalue weighted by atomic mass is 10.1. The molecule has 1 aromatic heterocycles. The van der Waals surface area contributed by atoms with Crippen molar-refractivity contribution >= 4 is 17.2 Å². The molecule has 1 aromatic rings. The second-order valence-electron chi connectivity index (χ2n) is 3.81. The minimum absolute atomic E-state index is 0.154. The molecule has 90 valence electrons. The molecule has 0 aliphatic heterocycles. The van der Waals surface area contributed by atoms with Crippen molar-refractivity contribution in [1.82, 2.24) is 5.32 Å². The van der Waals surface area contributed by atoms with Crippen LogP contribution in [-0.2, 0) is 11.3 Å². The Morgan fingerprint density at radius 2 is 2.12 bits per heavy atom. The van der Waals surface area contributed by atoms with Gasteiger partial charge in [0, 0.05) is 11.3 Å². The zero-order valence-corrected chi connectivity index (χ0v) is 10.4. The lowest BCUT2D eigenvalue weighted by Gasteiger charge is -2.03. The van der Waals surface area contributed by atoms with Crippen LogP contribution < -0.4 is 11.1 Å². The van der Waals surface area contributed by atoms with E-state index < -0.39 is 0 Å². The maximum atomic E-state index is 11.4. The van der Waals surface area contributed by atoms with Crippen LogP contribution in [0.4, 0.5) is 0 Å². The monoisotopic (exact) mass is 240 g/mol. The second kappa shape index (κ2) is 8.30. The predicted octanol–water partition coefficient (Wildman–Crippen LogP) is 2.27. The van der Waals surface area contributed by atoms with E-state index in [0.29, 0.717) is 13.0 Å². The van der Waals surface area contributed by atoms with Crippen LogP contribution in [-0.4, -0.2) is 12.5 Å². The zero-order chi connectivity index (χ0) is 11.6. The maximum absolute atomic E-state index is 11.4. The number of amides is 1. The largest absolute Gasteiger partial charge is 0.351 e. The summed E-state index contributed by atoms with van der Waals surface area (Å²) >= 11 is 1.67. The van der Waals surface area contributed by atoms with Gasteiger partial charge < -0.3 is 11.1 Å². The van der Waals surface area contributed by atoms with Crippen LogP contribution in [0.15, 0.2) is 17.5 Å². The van der Waals surface area contributed by atoms with Gasteiger partial charge in [0.1, 0.15) is 0 Å². The molecule has 3 nitrogen and oxygen atoms in total. The standard InChI is InChI=1S/C12H20N2OS/c13-8-4-2-1-3-7-12(15)14-10-11-6-5-9-16-11/h5-6,9H,1-4,7-8,10,13H2,(H,14,15). The second-order valence-corrected chi connectivity index (χ2v) is 4.84. The third-order valence-electron chi connectivity index (χ3n) is 2.40. The fraction of sp³-hybridized carbons (Fsp3) is 0.583. The summed E-state index contributed by atoms with van der Waals surface area (Å²) in [5.41, 5.74) is 5.39. The minimum Gasteiger partial charge on any atom is -0.351 e. The molecule has 1 amide bonds. The highest BCUT2D eigenvalue weighted by Gasteiger charge is 2.01. The first-order chi connectivity index (χ1) is 7.83. The molecule has 0 unspecified atom stereocenters. The highest BCUT2D eigenvalue weighted by molar-refractivity contribution is 7.09. The fourth-order valence-corrected chi connectivity index (χ4v) is 2.12. The summed E-state index contributed by atoms with van der Waals surface area (Å²) in [6.45, 7) is 1.42. The maximum Gasteiger partial charge on any atom is 0.220 e. The Labute approximate surface area is 101 Å². The lowest BCUT2D eigenvalue weighted by Crippen LogP contribution is -2.21. The minimum atomic E-state index is 0.154. The number of nitrogens with one attached hydrogen (secondary N) is 1. The first kappa shape index (κ1) is 13.2. The summed E-state index contributed by atoms with van der Waals surface area (Å²) in [5, 5.41) is 4.94. The van der Waals surface area contributed by atoms with Crippen molar-refractivity contribution in [3.8, 4) is 0 Å². The molecule has 0 saturated heterocycles. The Balaban J connectivity index is 1.99. The zero-order valence-electron chi connectivity index (χ0n) is 9.58. The van der Waals surface area contributed by atoms with Gasteiger partial charge in [0.25, 0.3) is 0 Å². The molecule has 1 heterocycles. The molecule has 4 heteroatoms. The van der Waals surface area contributed by atoms with E-state index in [1.807, 2.05) is 17.5 Å². The van der Waals surface area contributed by atoms with Gasteiger partial charge in [-0.1, -0.05) is 18.9 Å². The van der Waals surface area contributed by atoms with E-state index in [9.17, 15) is 4.79 Å². The molecule has 0 fully saturated rings. The van der Waals surface area contributed by atoms with Crippen molar-refractivity contribution in [2.75, 3.05) is 6.54 Å². The highest BCUT2D eigenvalue weighted by atomic mass is 32.1. The Kier molecular flexibility index (Phi) is 6.85. The van der Waals surface area contributed by atoms with Gasteiger partial charge in [-0.05, 0) is 30.8 Å². The van der Waals surface area contributed by atoms with Crippen LogP contribution >= 0.6 is 11.3 Å². The van der Waals surface area contributed by atoms with E-state index in [4.69, 9.17) is 5.73 Å². The van der Waals surface area contributed by atoms with E-state index >= 15 is 0 Å². The van der Waals surface area contributed by atoms with Gasteiger partial charge >= 0.3 is 0 Å². The summed E-state index contributed by atoms with van der Waals surface area (Å²) in [6, 6.07) is 4.03. The first-order valence-corrected chi connectivity index (χ1v) is 6.70. The van der Waals surface area contributed by atoms with Crippen molar-refractivity contribution in [3.63, 3.8) is 0 Å². The molecule has 1 rings (SSSR count). The van der Waals surface area contributed by atoms with Crippen molar-refractivity contribution in [2.45, 2.75) is 38.6 Å². The Hall–Kier alpha value is -0.870. The molecule has 0 atom stereocenters. The molecule has 0 saturated carbocycles. The predicted molar refractivity (Wildman–Crippen MR) is 68.3 cm³/mol. The molecular formula is C12H20N2OS. The number of hydrogen-bond donors (Lipinski definition) is 2. The lowest BCUT2D eigenvalue weighted by molar-refractivity contribution is -0.121. The van der Waals surface area contributed by atoms with Gasteiger partial charge in [0.05, 0.1) is 6.54 Å². The molecule has 0 aromatic carbocycles. The molecule has 0 aliphatic carbocycles. The molecule has 3 N–H and O–H groups in total. The quantitative estimate of drug-likeness (QED) is 0.685. The third-order valence-corrected chi connectivity index (χ3v) is 3.27. The Bertz CT molecular complexity index is 285. The number of thiophene rings is 1. The van der Waals surface area contributed by atoms with Gasteiger partial charge in [0.2, 0.25) is 5.91 Å². The number of rotatable bonds is 8. The van der Waals surface area contributed by atoms with Crippen LogP contribution in [0.3, 0.4) is 0 Å². The summed E-state index contributed by atoms with van der Waals surface area (Å²) in [7, 11) is 0. The normalized spacial score (nSPS) is 10.3. The summed E-state index contributed by atoms with van der Waals surface area (Å²) in [6.07, 6.45) is 4.90. The van der Waals surface area contributed by atoms with E-state index in [1.54, 1.807) is 11.3 Å². The van der Waals surface area contributed by atoms with E-state index in [-0.39, 0.29) is 5.91 Å². The molecule has 0 bridgehead atoms. The van der Waals surface area contributed by atoms with Crippen LogP contribution in [0.5, 0.6) is 0 Å². The van der Waals surface area contributed by atoms with E-state index in [2.05, 4.69) is 5.32 Å². The van der Waals surface area contributed by atoms with Crippen LogP contribution in [0.2, 0.25) is 0 Å². The number of nitrogens with two attached hydrogens (primary N) is 1. The van der Waals surface area contributed by atoms with Gasteiger partial charge in [-0.3, -0.25) is 4.79 Å². The van der Waals surface area contributed by atoms with Crippen LogP contribution in [0.25, 0.3) is 0 Å². The molecule has 0 radical (unpaired) electrons. The van der Waals surface area contributed by atoms with Gasteiger partial charge in [-0.15, -0.1) is 11.3 Å². The molecule has 16 heavy (non-hydrogen) atoms. The topological polar surface area (TPSA) is 55.1 Å². The Morgan fingerprint density at radius 1 is 1.31 bits per heavy atom. The Morgan fingerprint density at radius 3 is 2.81 bits per heavy atom. The average molecular weight is 240 g/mol. The number of carbonyl (C=O) groups is 1. The molecule has 0 aliphatic rings. The number of carbonyl (C=O) groups excluding carboxylic acids is 1. The van der Waals surface area contributed by atoms with Gasteiger partial charge in [-0.25, -0.2) is 0 Å². The highest BCUT2D eigenvalue weighted by Crippen LogP contribution is 2.08. The van der Waals surface area contributed by atoms with Crippen molar-refractivity contribution in [3.05, 3.63) is 22.4 Å². The average Bonchev–Trinajstić information content (AvgIpc) is 2.79. The smallest absolute Gasteiger partial charge is 0.220 e. The van der Waals surface area contributed by atoms with Crippen molar-refractivity contribution < 1.29 is 4.79 Å². The summed E-state index contributed by atoms with van der Waals surface area (Å²) in [5.74, 6) is 0.154. The summed E-state index contributed by atoms with van der Waals surface area (Å²) < 4.78 is 0. The number of unbranched alkanes of at least 4 members (excludes halogenated alkanes) is 3.